The van der Waals surface area contributed by atoms with Crippen LogP contribution in [0.25, 0.3) is 0 Å². The second-order valence-corrected chi connectivity index (χ2v) is 2.39. The van der Waals surface area contributed by atoms with Crippen molar-refractivity contribution < 1.29 is 13.9 Å². The van der Waals surface area contributed by atoms with Gasteiger partial charge < -0.3 is 5.11 Å². The van der Waals surface area contributed by atoms with Crippen LogP contribution in [0.4, 0.5) is 8.78 Å². The molecule has 64 valence electrons. The molecule has 0 spiro atoms. The van der Waals surface area contributed by atoms with Gasteiger partial charge in [0.25, 0.3) is 0 Å². The number of benzene rings is 1. The third kappa shape index (κ3) is 1.61. The van der Waals surface area contributed by atoms with Crippen LogP contribution in [0.1, 0.15) is 5.56 Å². The van der Waals surface area contributed by atoms with Gasteiger partial charge >= 0.3 is 0 Å². The maximum atomic E-state index is 12.6. The van der Waals surface area contributed by atoms with E-state index in [-0.39, 0.29) is 5.75 Å². The van der Waals surface area contributed by atoms with Crippen LogP contribution in [0, 0.1) is 11.6 Å². The molecule has 0 fully saturated rings. The summed E-state index contributed by atoms with van der Waals surface area (Å²) < 4.78 is 25.0. The number of phenolic OH excluding ortho intramolecular Hbond substituents is 1. The molecule has 0 aliphatic rings. The zero-order chi connectivity index (χ0) is 9.14. The quantitative estimate of drug-likeness (QED) is 0.675. The predicted molar refractivity (Wildman–Crippen MR) is 41.9 cm³/mol. The molecule has 0 aliphatic heterocycles. The second kappa shape index (κ2) is 3.34. The van der Waals surface area contributed by atoms with Crippen molar-refractivity contribution in [3.05, 3.63) is 42.0 Å². The Morgan fingerprint density at radius 2 is 1.92 bits per heavy atom. The largest absolute Gasteiger partial charge is 0.508 e. The summed E-state index contributed by atoms with van der Waals surface area (Å²) in [4.78, 5) is 0. The Kier molecular flexibility index (Phi) is 2.43. The fourth-order valence-electron chi connectivity index (χ4n) is 0.897. The van der Waals surface area contributed by atoms with Gasteiger partial charge in [-0.3, -0.25) is 0 Å². The van der Waals surface area contributed by atoms with Gasteiger partial charge in [-0.2, -0.15) is 0 Å². The molecule has 0 unspecified atom stereocenters. The van der Waals surface area contributed by atoms with E-state index in [2.05, 4.69) is 6.58 Å². The van der Waals surface area contributed by atoms with E-state index in [9.17, 15) is 8.78 Å². The number of halogens is 2. The molecule has 12 heavy (non-hydrogen) atoms. The van der Waals surface area contributed by atoms with E-state index in [4.69, 9.17) is 5.11 Å². The molecular weight excluding hydrogens is 162 g/mol. The van der Waals surface area contributed by atoms with Gasteiger partial charge in [-0.05, 0) is 12.5 Å². The third-order valence-corrected chi connectivity index (χ3v) is 1.49. The summed E-state index contributed by atoms with van der Waals surface area (Å²) in [7, 11) is 0. The molecule has 0 atom stereocenters. The van der Waals surface area contributed by atoms with E-state index in [1.54, 1.807) is 0 Å². The highest BCUT2D eigenvalue weighted by molar-refractivity contribution is 5.34. The molecule has 0 heterocycles. The van der Waals surface area contributed by atoms with Crippen molar-refractivity contribution in [2.75, 3.05) is 0 Å². The number of aromatic hydroxyl groups is 1. The molecule has 1 rings (SSSR count). The minimum atomic E-state index is -1.04. The Morgan fingerprint density at radius 1 is 1.33 bits per heavy atom. The van der Waals surface area contributed by atoms with E-state index in [0.717, 1.165) is 12.1 Å². The molecule has 3 heteroatoms. The zero-order valence-electron chi connectivity index (χ0n) is 6.35. The minimum absolute atomic E-state index is 0.242. The SMILES string of the molecule is C=CCc1cc(F)c(F)cc1O. The van der Waals surface area contributed by atoms with E-state index < -0.39 is 11.6 Å². The van der Waals surface area contributed by atoms with Gasteiger partial charge in [0.1, 0.15) is 5.75 Å². The van der Waals surface area contributed by atoms with Crippen LogP contribution < -0.4 is 0 Å². The summed E-state index contributed by atoms with van der Waals surface area (Å²) in [6, 6.07) is 1.72. The van der Waals surface area contributed by atoms with Crippen molar-refractivity contribution in [3.63, 3.8) is 0 Å². The third-order valence-electron chi connectivity index (χ3n) is 1.49. The normalized spacial score (nSPS) is 9.83. The van der Waals surface area contributed by atoms with Gasteiger partial charge in [0.2, 0.25) is 0 Å². The Labute approximate surface area is 69.0 Å². The molecule has 0 bridgehead atoms. The lowest BCUT2D eigenvalue weighted by Gasteiger charge is -2.01. The molecule has 0 saturated heterocycles. The van der Waals surface area contributed by atoms with Crippen LogP contribution in [0.15, 0.2) is 24.8 Å². The van der Waals surface area contributed by atoms with Crippen LogP contribution in [0.5, 0.6) is 5.75 Å². The molecule has 0 saturated carbocycles. The van der Waals surface area contributed by atoms with Gasteiger partial charge in [0.05, 0.1) is 0 Å². The van der Waals surface area contributed by atoms with Crippen LogP contribution in [0.2, 0.25) is 0 Å². The van der Waals surface area contributed by atoms with E-state index in [1.165, 1.54) is 6.08 Å². The first kappa shape index (κ1) is 8.71. The average Bonchev–Trinajstić information content (AvgIpc) is 2.01. The lowest BCUT2D eigenvalue weighted by molar-refractivity contribution is 0.449. The molecule has 0 radical (unpaired) electrons. The molecule has 0 aromatic heterocycles. The topological polar surface area (TPSA) is 20.2 Å². The van der Waals surface area contributed by atoms with Crippen molar-refractivity contribution in [3.8, 4) is 5.75 Å². The molecule has 0 aliphatic carbocycles. The number of hydrogen-bond donors (Lipinski definition) is 1. The van der Waals surface area contributed by atoms with Gasteiger partial charge in [-0.15, -0.1) is 6.58 Å². The predicted octanol–water partition coefficient (Wildman–Crippen LogP) is 2.40. The first-order valence-electron chi connectivity index (χ1n) is 3.43. The zero-order valence-corrected chi connectivity index (χ0v) is 6.35. The Hall–Kier alpha value is -1.38. The fourth-order valence-corrected chi connectivity index (χ4v) is 0.897. The van der Waals surface area contributed by atoms with Gasteiger partial charge in [0, 0.05) is 11.6 Å². The summed E-state index contributed by atoms with van der Waals surface area (Å²) in [6.45, 7) is 3.42. The average molecular weight is 170 g/mol. The number of rotatable bonds is 2. The van der Waals surface area contributed by atoms with Gasteiger partial charge in [0.15, 0.2) is 11.6 Å². The van der Waals surface area contributed by atoms with Crippen molar-refractivity contribution in [2.45, 2.75) is 6.42 Å². The monoisotopic (exact) mass is 170 g/mol. The fraction of sp³-hybridized carbons (Fsp3) is 0.111. The lowest BCUT2D eigenvalue weighted by atomic mass is 10.1. The van der Waals surface area contributed by atoms with Crippen LogP contribution in [-0.4, -0.2) is 5.11 Å². The summed E-state index contributed by atoms with van der Waals surface area (Å²) >= 11 is 0. The van der Waals surface area contributed by atoms with Gasteiger partial charge in [-0.1, -0.05) is 6.08 Å². The Bertz CT molecular complexity index is 308. The van der Waals surface area contributed by atoms with Crippen LogP contribution >= 0.6 is 0 Å². The number of hydrogen-bond acceptors (Lipinski definition) is 1. The lowest BCUT2D eigenvalue weighted by Crippen LogP contribution is -1.89. The minimum Gasteiger partial charge on any atom is -0.508 e. The molecule has 1 aromatic carbocycles. The van der Waals surface area contributed by atoms with Crippen molar-refractivity contribution >= 4 is 0 Å². The van der Waals surface area contributed by atoms with Gasteiger partial charge in [-0.25, -0.2) is 8.78 Å². The van der Waals surface area contributed by atoms with Crippen LogP contribution in [0.3, 0.4) is 0 Å². The van der Waals surface area contributed by atoms with Crippen molar-refractivity contribution in [1.82, 2.24) is 0 Å². The number of allylic oxidation sites excluding steroid dienone is 1. The first-order chi connectivity index (χ1) is 5.65. The molecular formula is C9H8F2O. The summed E-state index contributed by atoms with van der Waals surface area (Å²) in [5.41, 5.74) is 0.337. The smallest absolute Gasteiger partial charge is 0.162 e. The summed E-state index contributed by atoms with van der Waals surface area (Å²) in [5.74, 6) is -2.24. The van der Waals surface area contributed by atoms with E-state index >= 15 is 0 Å². The molecule has 1 aromatic rings. The van der Waals surface area contributed by atoms with Crippen molar-refractivity contribution in [2.24, 2.45) is 0 Å². The summed E-state index contributed by atoms with van der Waals surface area (Å²) in [6.07, 6.45) is 1.83. The number of phenols is 1. The Morgan fingerprint density at radius 3 is 2.50 bits per heavy atom. The molecule has 0 amide bonds. The Balaban J connectivity index is 3.13. The highest BCUT2D eigenvalue weighted by atomic mass is 19.2. The second-order valence-electron chi connectivity index (χ2n) is 2.39. The van der Waals surface area contributed by atoms with Crippen LogP contribution in [-0.2, 0) is 6.42 Å². The van der Waals surface area contributed by atoms with Crippen molar-refractivity contribution in [1.29, 1.82) is 0 Å². The maximum absolute atomic E-state index is 12.6. The highest BCUT2D eigenvalue weighted by Crippen LogP contribution is 2.21. The first-order valence-corrected chi connectivity index (χ1v) is 3.43. The van der Waals surface area contributed by atoms with E-state index in [1.807, 2.05) is 0 Å². The summed E-state index contributed by atoms with van der Waals surface area (Å²) in [5, 5.41) is 9.09. The molecule has 1 N–H and O–H groups in total. The maximum Gasteiger partial charge on any atom is 0.162 e. The molecule has 1 nitrogen and oxygen atoms in total. The standard InChI is InChI=1S/C9H8F2O/c1-2-3-6-4-7(10)8(11)5-9(6)12/h2,4-5,12H,1,3H2. The van der Waals surface area contributed by atoms with E-state index in [0.29, 0.717) is 12.0 Å². The highest BCUT2D eigenvalue weighted by Gasteiger charge is 2.06.